The van der Waals surface area contributed by atoms with Crippen molar-refractivity contribution in [2.45, 2.75) is 26.9 Å². The SMILES string of the molecule is CC(C)Cn1ccn(Cc2ccc(Cl)cc2)c(=O)c1=O. The minimum atomic E-state index is -0.497. The van der Waals surface area contributed by atoms with E-state index in [9.17, 15) is 9.59 Å². The predicted molar refractivity (Wildman–Crippen MR) is 80.4 cm³/mol. The molecule has 0 saturated carbocycles. The van der Waals surface area contributed by atoms with E-state index in [4.69, 9.17) is 11.6 Å². The van der Waals surface area contributed by atoms with E-state index in [0.29, 0.717) is 24.0 Å². The smallest absolute Gasteiger partial charge is 0.309 e. The third-order valence-electron chi connectivity index (χ3n) is 2.96. The molecule has 0 bridgehead atoms. The van der Waals surface area contributed by atoms with Crippen LogP contribution < -0.4 is 11.1 Å². The van der Waals surface area contributed by atoms with Crippen LogP contribution in [0.1, 0.15) is 19.4 Å². The highest BCUT2D eigenvalue weighted by molar-refractivity contribution is 6.30. The van der Waals surface area contributed by atoms with Gasteiger partial charge in [0.25, 0.3) is 0 Å². The fraction of sp³-hybridized carbons (Fsp3) is 0.333. The number of hydrogen-bond donors (Lipinski definition) is 0. The molecular formula is C15H17ClN2O2. The average Bonchev–Trinajstić information content (AvgIpc) is 2.40. The number of nitrogens with zero attached hydrogens (tertiary/aromatic N) is 2. The molecule has 1 heterocycles. The van der Waals surface area contributed by atoms with E-state index in [0.717, 1.165) is 5.56 Å². The second kappa shape index (κ2) is 6.09. The van der Waals surface area contributed by atoms with Crippen LogP contribution in [0.5, 0.6) is 0 Å². The van der Waals surface area contributed by atoms with E-state index in [1.165, 1.54) is 9.13 Å². The molecule has 0 radical (unpaired) electrons. The fourth-order valence-corrected chi connectivity index (χ4v) is 2.12. The van der Waals surface area contributed by atoms with Crippen LogP contribution in [0.3, 0.4) is 0 Å². The highest BCUT2D eigenvalue weighted by Crippen LogP contribution is 2.09. The molecule has 0 spiro atoms. The van der Waals surface area contributed by atoms with Gasteiger partial charge in [0.15, 0.2) is 0 Å². The van der Waals surface area contributed by atoms with Crippen LogP contribution in [0.2, 0.25) is 5.02 Å². The van der Waals surface area contributed by atoms with Crippen molar-refractivity contribution in [3.63, 3.8) is 0 Å². The van der Waals surface area contributed by atoms with Crippen LogP contribution in [-0.2, 0) is 13.1 Å². The first-order valence-corrected chi connectivity index (χ1v) is 6.89. The summed E-state index contributed by atoms with van der Waals surface area (Å²) >= 11 is 5.82. The van der Waals surface area contributed by atoms with Crippen molar-refractivity contribution in [1.82, 2.24) is 9.13 Å². The van der Waals surface area contributed by atoms with Crippen LogP contribution in [0.15, 0.2) is 46.2 Å². The van der Waals surface area contributed by atoms with Gasteiger partial charge in [0.2, 0.25) is 0 Å². The Morgan fingerprint density at radius 2 is 1.55 bits per heavy atom. The highest BCUT2D eigenvalue weighted by Gasteiger charge is 2.06. The van der Waals surface area contributed by atoms with Gasteiger partial charge >= 0.3 is 11.1 Å². The first-order valence-electron chi connectivity index (χ1n) is 6.51. The molecule has 1 aromatic heterocycles. The van der Waals surface area contributed by atoms with Crippen molar-refractivity contribution in [3.8, 4) is 0 Å². The Morgan fingerprint density at radius 1 is 1.00 bits per heavy atom. The van der Waals surface area contributed by atoms with Gasteiger partial charge in [-0.3, -0.25) is 9.59 Å². The van der Waals surface area contributed by atoms with Gasteiger partial charge in [0.1, 0.15) is 0 Å². The van der Waals surface area contributed by atoms with Crippen LogP contribution >= 0.6 is 11.6 Å². The summed E-state index contributed by atoms with van der Waals surface area (Å²) in [4.78, 5) is 24.0. The second-order valence-corrected chi connectivity index (χ2v) is 5.65. The molecule has 2 aromatic rings. The van der Waals surface area contributed by atoms with Gasteiger partial charge in [-0.15, -0.1) is 0 Å². The fourth-order valence-electron chi connectivity index (χ4n) is 1.99. The normalized spacial score (nSPS) is 11.0. The summed E-state index contributed by atoms with van der Waals surface area (Å²) in [5, 5.41) is 0.647. The van der Waals surface area contributed by atoms with E-state index in [1.54, 1.807) is 24.5 Å². The molecule has 0 aliphatic carbocycles. The van der Waals surface area contributed by atoms with Crippen LogP contribution in [0.4, 0.5) is 0 Å². The molecule has 5 heteroatoms. The maximum Gasteiger partial charge on any atom is 0.316 e. The lowest BCUT2D eigenvalue weighted by atomic mass is 10.2. The summed E-state index contributed by atoms with van der Waals surface area (Å²) in [7, 11) is 0. The average molecular weight is 293 g/mol. The van der Waals surface area contributed by atoms with Crippen LogP contribution in [-0.4, -0.2) is 9.13 Å². The Bertz CT molecular complexity index is 699. The third-order valence-corrected chi connectivity index (χ3v) is 3.21. The van der Waals surface area contributed by atoms with Gasteiger partial charge in [-0.2, -0.15) is 0 Å². The van der Waals surface area contributed by atoms with Crippen LogP contribution in [0, 0.1) is 5.92 Å². The van der Waals surface area contributed by atoms with Crippen molar-refractivity contribution in [1.29, 1.82) is 0 Å². The standard InChI is InChI=1S/C15H17ClN2O2/c1-11(2)9-17-7-8-18(15(20)14(17)19)10-12-3-5-13(16)6-4-12/h3-8,11H,9-10H2,1-2H3. The second-order valence-electron chi connectivity index (χ2n) is 5.21. The van der Waals surface area contributed by atoms with Gasteiger partial charge in [0.05, 0.1) is 6.54 Å². The molecule has 0 amide bonds. The maximum atomic E-state index is 12.0. The lowest BCUT2D eigenvalue weighted by molar-refractivity contribution is 0.499. The molecule has 0 unspecified atom stereocenters. The van der Waals surface area contributed by atoms with Gasteiger partial charge in [0, 0.05) is 24.0 Å². The predicted octanol–water partition coefficient (Wildman–Crippen LogP) is 2.37. The van der Waals surface area contributed by atoms with E-state index in [2.05, 4.69) is 0 Å². The molecule has 0 saturated heterocycles. The quantitative estimate of drug-likeness (QED) is 0.812. The first-order chi connectivity index (χ1) is 9.47. The van der Waals surface area contributed by atoms with Gasteiger partial charge < -0.3 is 9.13 Å². The van der Waals surface area contributed by atoms with Crippen molar-refractivity contribution in [3.05, 3.63) is 68.0 Å². The lowest BCUT2D eigenvalue weighted by Gasteiger charge is -2.10. The number of hydrogen-bond acceptors (Lipinski definition) is 2. The molecule has 0 fully saturated rings. The van der Waals surface area contributed by atoms with Crippen molar-refractivity contribution in [2.24, 2.45) is 5.92 Å². The molecule has 0 aliphatic heterocycles. The van der Waals surface area contributed by atoms with Crippen molar-refractivity contribution in [2.75, 3.05) is 0 Å². The Kier molecular flexibility index (Phi) is 4.45. The van der Waals surface area contributed by atoms with Gasteiger partial charge in [-0.25, -0.2) is 0 Å². The number of aromatic nitrogens is 2. The monoisotopic (exact) mass is 292 g/mol. The van der Waals surface area contributed by atoms with Crippen LogP contribution in [0.25, 0.3) is 0 Å². The Balaban J connectivity index is 2.30. The Hall–Kier alpha value is -1.81. The zero-order chi connectivity index (χ0) is 14.7. The number of halogens is 1. The molecule has 0 aliphatic rings. The summed E-state index contributed by atoms with van der Waals surface area (Å²) < 4.78 is 2.88. The topological polar surface area (TPSA) is 44.0 Å². The largest absolute Gasteiger partial charge is 0.316 e. The number of rotatable bonds is 4. The van der Waals surface area contributed by atoms with E-state index in [1.807, 2.05) is 26.0 Å². The zero-order valence-electron chi connectivity index (χ0n) is 11.5. The molecule has 1 aromatic carbocycles. The van der Waals surface area contributed by atoms with E-state index in [-0.39, 0.29) is 0 Å². The lowest BCUT2D eigenvalue weighted by Crippen LogP contribution is -2.41. The molecule has 4 nitrogen and oxygen atoms in total. The summed E-state index contributed by atoms with van der Waals surface area (Å²) in [6.45, 7) is 4.93. The molecule has 106 valence electrons. The molecule has 0 atom stereocenters. The Labute approximate surface area is 122 Å². The molecule has 0 N–H and O–H groups in total. The Morgan fingerprint density at radius 3 is 2.15 bits per heavy atom. The summed E-state index contributed by atoms with van der Waals surface area (Å²) in [5.74, 6) is 0.319. The van der Waals surface area contributed by atoms with Gasteiger partial charge in [-0.1, -0.05) is 37.6 Å². The summed E-state index contributed by atoms with van der Waals surface area (Å²) in [5.41, 5.74) is -0.0456. The first kappa shape index (κ1) is 14.6. The minimum Gasteiger partial charge on any atom is -0.309 e. The number of benzene rings is 1. The molecular weight excluding hydrogens is 276 g/mol. The summed E-state index contributed by atoms with van der Waals surface area (Å²) in [6, 6.07) is 7.21. The van der Waals surface area contributed by atoms with E-state index >= 15 is 0 Å². The third kappa shape index (κ3) is 3.39. The molecule has 20 heavy (non-hydrogen) atoms. The van der Waals surface area contributed by atoms with E-state index < -0.39 is 11.1 Å². The minimum absolute atomic E-state index is 0.319. The van der Waals surface area contributed by atoms with Crippen molar-refractivity contribution < 1.29 is 0 Å². The highest BCUT2D eigenvalue weighted by atomic mass is 35.5. The summed E-state index contributed by atoms with van der Waals surface area (Å²) in [6.07, 6.45) is 3.32. The van der Waals surface area contributed by atoms with Crippen molar-refractivity contribution >= 4 is 11.6 Å². The molecule has 2 rings (SSSR count). The zero-order valence-corrected chi connectivity index (χ0v) is 12.3. The van der Waals surface area contributed by atoms with Gasteiger partial charge in [-0.05, 0) is 23.6 Å². The maximum absolute atomic E-state index is 12.0.